The summed E-state index contributed by atoms with van der Waals surface area (Å²) in [4.78, 5) is 11.8. The van der Waals surface area contributed by atoms with Gasteiger partial charge in [-0.25, -0.2) is 8.42 Å². The third-order valence-corrected chi connectivity index (χ3v) is 6.84. The largest absolute Gasteiger partial charge is 0.292 e. The average Bonchev–Trinajstić information content (AvgIpc) is 2.28. The van der Waals surface area contributed by atoms with Gasteiger partial charge in [-0.1, -0.05) is 41.1 Å². The highest BCUT2D eigenvalue weighted by Crippen LogP contribution is 2.19. The number of Topliss-reactive ketones (excluding diaryl/α,β-unsaturated/α-hetero) is 1. The van der Waals surface area contributed by atoms with E-state index in [2.05, 4.69) is 0 Å². The number of alkyl halides is 1. The summed E-state index contributed by atoms with van der Waals surface area (Å²) in [5.74, 6) is -0.445. The lowest BCUT2D eigenvalue weighted by Crippen LogP contribution is -2.25. The number of carbonyl (C=O) groups is 1. The van der Waals surface area contributed by atoms with E-state index >= 15 is 0 Å². The Kier molecular flexibility index (Phi) is 4.75. The fourth-order valence-electron chi connectivity index (χ4n) is 1.05. The van der Waals surface area contributed by atoms with Crippen molar-refractivity contribution in [2.45, 2.75) is 10.2 Å². The minimum Gasteiger partial charge on any atom is -0.292 e. The topological polar surface area (TPSA) is 51.2 Å². The molecule has 3 nitrogen and oxygen atoms in total. The predicted octanol–water partition coefficient (Wildman–Crippen LogP) is 2.72. The molecule has 0 fully saturated rings. The smallest absolute Gasteiger partial charge is 0.190 e. The minimum atomic E-state index is -3.35. The molecule has 0 radical (unpaired) electrons. The van der Waals surface area contributed by atoms with Crippen LogP contribution in [0.2, 0.25) is 5.02 Å². The lowest BCUT2D eigenvalue weighted by molar-refractivity contribution is 0.101. The van der Waals surface area contributed by atoms with Crippen molar-refractivity contribution in [2.75, 3.05) is 5.75 Å². The molecule has 0 heterocycles. The fourth-order valence-corrected chi connectivity index (χ4v) is 3.37. The molecule has 0 aliphatic heterocycles. The summed E-state index contributed by atoms with van der Waals surface area (Å²) in [6, 6.07) is 6.19. The van der Waals surface area contributed by atoms with Crippen molar-refractivity contribution in [1.82, 2.24) is 0 Å². The van der Waals surface area contributed by atoms with Gasteiger partial charge in [0, 0.05) is 16.3 Å². The molecular weight excluding hydrogens is 363 g/mol. The van der Waals surface area contributed by atoms with E-state index in [-0.39, 0.29) is 5.75 Å². The van der Waals surface area contributed by atoms with Crippen molar-refractivity contribution in [2.24, 2.45) is 0 Å². The molecule has 6 heteroatoms. The number of sulfone groups is 1. The number of halogens is 2. The Morgan fingerprint density at radius 3 is 2.31 bits per heavy atom. The van der Waals surface area contributed by atoms with E-state index in [9.17, 15) is 13.2 Å². The summed E-state index contributed by atoms with van der Waals surface area (Å²) in [6.45, 7) is 1.52. The quantitative estimate of drug-likeness (QED) is 0.464. The van der Waals surface area contributed by atoms with Crippen molar-refractivity contribution in [3.8, 4) is 0 Å². The van der Waals surface area contributed by atoms with Gasteiger partial charge < -0.3 is 0 Å². The number of benzene rings is 1. The summed E-state index contributed by atoms with van der Waals surface area (Å²) in [5.41, 5.74) is 0.362. The molecule has 88 valence electrons. The number of rotatable bonds is 4. The van der Waals surface area contributed by atoms with Crippen molar-refractivity contribution in [3.63, 3.8) is 0 Å². The van der Waals surface area contributed by atoms with Gasteiger partial charge in [0.1, 0.15) is 0 Å². The van der Waals surface area contributed by atoms with Gasteiger partial charge in [-0.05, 0) is 24.3 Å². The molecule has 1 atom stereocenters. The molecule has 1 rings (SSSR count). The Hall–Kier alpha value is -0.140. The summed E-state index contributed by atoms with van der Waals surface area (Å²) >= 11 is 7.33. The van der Waals surface area contributed by atoms with Crippen LogP contribution in [-0.2, 0) is 9.84 Å². The number of hydrogen-bond acceptors (Lipinski definition) is 3. The SMILES string of the molecule is CCS(=O)(=O)[C@H](I)C(=O)c1ccc(Cl)cc1. The van der Waals surface area contributed by atoms with E-state index in [1.807, 2.05) is 0 Å². The second-order valence-corrected chi connectivity index (χ2v) is 8.04. The molecule has 1 aromatic carbocycles. The first-order chi connectivity index (χ1) is 7.38. The molecule has 0 N–H and O–H groups in total. The van der Waals surface area contributed by atoms with Crippen LogP contribution < -0.4 is 0 Å². The molecule has 0 saturated heterocycles. The molecule has 0 aromatic heterocycles. The zero-order valence-corrected chi connectivity index (χ0v) is 12.2. The van der Waals surface area contributed by atoms with Crippen molar-refractivity contribution < 1.29 is 13.2 Å². The van der Waals surface area contributed by atoms with E-state index in [0.29, 0.717) is 10.6 Å². The Bertz CT molecular complexity index is 481. The maximum atomic E-state index is 11.8. The first-order valence-electron chi connectivity index (χ1n) is 4.54. The van der Waals surface area contributed by atoms with Crippen LogP contribution in [0, 0.1) is 0 Å². The Balaban J connectivity index is 2.99. The van der Waals surface area contributed by atoms with Gasteiger partial charge in [0.25, 0.3) is 0 Å². The lowest BCUT2D eigenvalue weighted by atomic mass is 10.1. The normalized spacial score (nSPS) is 13.4. The van der Waals surface area contributed by atoms with Gasteiger partial charge in [-0.2, -0.15) is 0 Å². The molecule has 0 unspecified atom stereocenters. The van der Waals surface area contributed by atoms with E-state index in [4.69, 9.17) is 11.6 Å². The third-order valence-electron chi connectivity index (χ3n) is 2.05. The van der Waals surface area contributed by atoms with Gasteiger partial charge in [0.05, 0.1) is 0 Å². The molecule has 0 saturated carbocycles. The monoisotopic (exact) mass is 372 g/mol. The number of ketones is 1. The van der Waals surface area contributed by atoms with E-state index in [1.165, 1.54) is 19.1 Å². The van der Waals surface area contributed by atoms with Gasteiger partial charge in [0.15, 0.2) is 18.9 Å². The van der Waals surface area contributed by atoms with E-state index < -0.39 is 18.9 Å². The second-order valence-electron chi connectivity index (χ2n) is 3.14. The van der Waals surface area contributed by atoms with Crippen LogP contribution in [-0.4, -0.2) is 23.2 Å². The first-order valence-corrected chi connectivity index (χ1v) is 7.88. The molecule has 16 heavy (non-hydrogen) atoms. The Labute approximate surface area is 113 Å². The summed E-state index contributed by atoms with van der Waals surface area (Å²) in [5, 5.41) is 0.514. The average molecular weight is 373 g/mol. The summed E-state index contributed by atoms with van der Waals surface area (Å²) < 4.78 is 22.0. The van der Waals surface area contributed by atoms with Gasteiger partial charge >= 0.3 is 0 Å². The van der Waals surface area contributed by atoms with Crippen LogP contribution >= 0.6 is 34.2 Å². The maximum absolute atomic E-state index is 11.8. The highest BCUT2D eigenvalue weighted by atomic mass is 127. The molecule has 0 bridgehead atoms. The highest BCUT2D eigenvalue weighted by molar-refractivity contribution is 14.1. The molecule has 0 aliphatic carbocycles. The second kappa shape index (κ2) is 5.46. The molecule has 0 aliphatic rings. The van der Waals surface area contributed by atoms with Gasteiger partial charge in [0.2, 0.25) is 0 Å². The minimum absolute atomic E-state index is 0.0417. The van der Waals surface area contributed by atoms with Crippen LogP contribution in [0.25, 0.3) is 0 Å². The van der Waals surface area contributed by atoms with Gasteiger partial charge in [-0.15, -0.1) is 0 Å². The maximum Gasteiger partial charge on any atom is 0.190 e. The zero-order valence-electron chi connectivity index (χ0n) is 8.48. The standard InChI is InChI=1S/C10H10ClIO3S/c1-2-16(14,15)10(12)9(13)7-3-5-8(11)6-4-7/h3-6,10H,2H2,1H3/t10-/m0/s1. The lowest BCUT2D eigenvalue weighted by Gasteiger charge is -2.08. The Morgan fingerprint density at radius 2 is 1.88 bits per heavy atom. The van der Waals surface area contributed by atoms with Crippen molar-refractivity contribution >= 4 is 49.8 Å². The van der Waals surface area contributed by atoms with E-state index in [1.54, 1.807) is 34.7 Å². The van der Waals surface area contributed by atoms with Crippen LogP contribution in [0.3, 0.4) is 0 Å². The Morgan fingerprint density at radius 1 is 1.38 bits per heavy atom. The number of hydrogen-bond donors (Lipinski definition) is 0. The fraction of sp³-hybridized carbons (Fsp3) is 0.300. The molecule has 0 spiro atoms. The van der Waals surface area contributed by atoms with Crippen molar-refractivity contribution in [1.29, 1.82) is 0 Å². The zero-order chi connectivity index (χ0) is 12.3. The summed E-state index contributed by atoms with van der Waals surface area (Å²) in [6.07, 6.45) is 0. The highest BCUT2D eigenvalue weighted by Gasteiger charge is 2.28. The van der Waals surface area contributed by atoms with Crippen LogP contribution in [0.15, 0.2) is 24.3 Å². The molecule has 1 aromatic rings. The van der Waals surface area contributed by atoms with Crippen LogP contribution in [0.5, 0.6) is 0 Å². The predicted molar refractivity (Wildman–Crippen MR) is 73.1 cm³/mol. The third kappa shape index (κ3) is 3.18. The summed E-state index contributed by atoms with van der Waals surface area (Å²) in [7, 11) is -3.35. The van der Waals surface area contributed by atoms with E-state index in [0.717, 1.165) is 0 Å². The molecular formula is C10H10ClIO3S. The van der Waals surface area contributed by atoms with Gasteiger partial charge in [-0.3, -0.25) is 4.79 Å². The van der Waals surface area contributed by atoms with Crippen LogP contribution in [0.4, 0.5) is 0 Å². The van der Waals surface area contributed by atoms with Crippen molar-refractivity contribution in [3.05, 3.63) is 34.9 Å². The molecule has 0 amide bonds. The number of carbonyl (C=O) groups excluding carboxylic acids is 1. The first kappa shape index (κ1) is 13.9. The van der Waals surface area contributed by atoms with Crippen LogP contribution in [0.1, 0.15) is 17.3 Å².